The van der Waals surface area contributed by atoms with E-state index in [-0.39, 0.29) is 74.6 Å². The fourth-order valence-electron chi connectivity index (χ4n) is 0.516. The third-order valence-corrected chi connectivity index (χ3v) is 1.57. The fourth-order valence-corrected chi connectivity index (χ4v) is 0.516. The number of hydrogen-bond donors (Lipinski definition) is 8. The summed E-state index contributed by atoms with van der Waals surface area (Å²) in [6, 6.07) is 0. The van der Waals surface area contributed by atoms with Gasteiger partial charge in [0.25, 0.3) is 0 Å². The molecule has 0 rings (SSSR count). The summed E-state index contributed by atoms with van der Waals surface area (Å²) in [5.41, 5.74) is 0. The maximum Gasteiger partial charge on any atom is 0.0841 e. The van der Waals surface area contributed by atoms with Crippen LogP contribution in [0.2, 0.25) is 0 Å². The van der Waals surface area contributed by atoms with Crippen molar-refractivity contribution in [2.45, 2.75) is 25.7 Å². The summed E-state index contributed by atoms with van der Waals surface area (Å²) in [6.45, 7) is 1.16. The fraction of sp³-hybridized carbons (Fsp3) is 1.00. The third-order valence-electron chi connectivity index (χ3n) is 1.57. The molecule has 0 radical (unpaired) electrons. The van der Waals surface area contributed by atoms with E-state index in [1.807, 2.05) is 0 Å². The smallest absolute Gasteiger partial charge is 0.0841 e. The molecule has 0 bridgehead atoms. The molecule has 0 atom stereocenters. The first-order valence-corrected chi connectivity index (χ1v) is 7.15. The first kappa shape index (κ1) is 36.2. The van der Waals surface area contributed by atoms with E-state index in [0.717, 1.165) is 0 Å². The molecule has 0 saturated carbocycles. The quantitative estimate of drug-likeness (QED) is 0.0874. The Kier molecular flexibility index (Phi) is 71.9. The zero-order valence-corrected chi connectivity index (χ0v) is 15.8. The van der Waals surface area contributed by atoms with Crippen molar-refractivity contribution in [3.05, 3.63) is 0 Å². The average molecular weight is 416 g/mol. The van der Waals surface area contributed by atoms with Gasteiger partial charge in [0, 0.05) is 48.1 Å². The third kappa shape index (κ3) is 80.0. The van der Waals surface area contributed by atoms with Gasteiger partial charge in [-0.05, 0) is 25.7 Å². The molecule has 0 unspecified atom stereocenters. The molecule has 0 aromatic rings. The van der Waals surface area contributed by atoms with E-state index in [1.165, 1.54) is 0 Å². The van der Waals surface area contributed by atoms with Gasteiger partial charge in [0.15, 0.2) is 0 Å². The molecular formula is C12H32O12Ti. The molecule has 12 nitrogen and oxygen atoms in total. The van der Waals surface area contributed by atoms with E-state index in [0.29, 0.717) is 25.7 Å². The predicted molar refractivity (Wildman–Crippen MR) is 81.1 cm³/mol. The van der Waals surface area contributed by atoms with Crippen molar-refractivity contribution in [1.29, 1.82) is 0 Å². The Hall–Kier alpha value is 0.234. The van der Waals surface area contributed by atoms with Gasteiger partial charge < -0.3 is 20.4 Å². The standard InChI is InChI=1S/4C3H8O3.Ti/c4*4-2-1-3-6-5;/h4*4-5H,1-3H2;. The minimum Gasteiger partial charge on any atom is -0.396 e. The topological polar surface area (TPSA) is 199 Å². The van der Waals surface area contributed by atoms with Gasteiger partial charge in [-0.1, -0.05) is 0 Å². The summed E-state index contributed by atoms with van der Waals surface area (Å²) < 4.78 is 0. The Bertz CT molecular complexity index is 110. The van der Waals surface area contributed by atoms with Crippen LogP contribution in [0.15, 0.2) is 0 Å². The van der Waals surface area contributed by atoms with Gasteiger partial charge >= 0.3 is 0 Å². The molecule has 8 N–H and O–H groups in total. The van der Waals surface area contributed by atoms with Crippen molar-refractivity contribution in [3.8, 4) is 0 Å². The van der Waals surface area contributed by atoms with Gasteiger partial charge in [-0.3, -0.25) is 21.0 Å². The predicted octanol–water partition coefficient (Wildman–Crippen LogP) is -0.569. The molecule has 25 heavy (non-hydrogen) atoms. The van der Waals surface area contributed by atoms with Crippen molar-refractivity contribution in [1.82, 2.24) is 0 Å². The van der Waals surface area contributed by atoms with E-state index in [4.69, 9.17) is 41.5 Å². The van der Waals surface area contributed by atoms with Crippen LogP contribution in [0.5, 0.6) is 0 Å². The molecule has 0 saturated heterocycles. The molecule has 0 aliphatic heterocycles. The number of hydrogen-bond acceptors (Lipinski definition) is 12. The molecule has 0 aromatic carbocycles. The second-order valence-corrected chi connectivity index (χ2v) is 3.64. The SMILES string of the molecule is OCCCOO.OCCCOO.OCCCOO.OCCCOO.[Ti]. The van der Waals surface area contributed by atoms with Gasteiger partial charge in [-0.2, -0.15) is 0 Å². The molecule has 0 aliphatic carbocycles. The summed E-state index contributed by atoms with van der Waals surface area (Å²) in [4.78, 5) is 14.5. The minimum absolute atomic E-state index is 0. The summed E-state index contributed by atoms with van der Waals surface area (Å²) in [7, 11) is 0. The van der Waals surface area contributed by atoms with Crippen molar-refractivity contribution in [2.75, 3.05) is 52.9 Å². The largest absolute Gasteiger partial charge is 0.396 e. The Morgan fingerprint density at radius 2 is 0.560 bits per heavy atom. The second-order valence-electron chi connectivity index (χ2n) is 3.64. The monoisotopic (exact) mass is 416 g/mol. The van der Waals surface area contributed by atoms with Crippen LogP contribution in [-0.4, -0.2) is 94.3 Å². The first-order valence-electron chi connectivity index (χ1n) is 7.15. The van der Waals surface area contributed by atoms with Crippen molar-refractivity contribution in [2.24, 2.45) is 0 Å². The zero-order chi connectivity index (χ0) is 19.3. The van der Waals surface area contributed by atoms with Gasteiger partial charge in [0.05, 0.1) is 26.4 Å². The van der Waals surface area contributed by atoms with E-state index < -0.39 is 0 Å². The van der Waals surface area contributed by atoms with E-state index >= 15 is 0 Å². The Morgan fingerprint density at radius 3 is 0.600 bits per heavy atom. The second kappa shape index (κ2) is 49.6. The molecule has 0 spiro atoms. The molecule has 0 aliphatic rings. The van der Waals surface area contributed by atoms with Crippen molar-refractivity contribution in [3.63, 3.8) is 0 Å². The van der Waals surface area contributed by atoms with E-state index in [1.54, 1.807) is 0 Å². The van der Waals surface area contributed by atoms with Crippen LogP contribution in [0.4, 0.5) is 0 Å². The zero-order valence-electron chi connectivity index (χ0n) is 14.2. The van der Waals surface area contributed by atoms with Gasteiger partial charge in [-0.15, -0.1) is 0 Å². The molecule has 0 fully saturated rings. The van der Waals surface area contributed by atoms with Crippen LogP contribution < -0.4 is 0 Å². The van der Waals surface area contributed by atoms with Crippen LogP contribution in [-0.2, 0) is 41.3 Å². The summed E-state index contributed by atoms with van der Waals surface area (Å²) in [5, 5.41) is 62.4. The van der Waals surface area contributed by atoms with Crippen LogP contribution in [0.1, 0.15) is 25.7 Å². The molecule has 156 valence electrons. The number of rotatable bonds is 12. The molecule has 0 heterocycles. The Morgan fingerprint density at radius 1 is 0.400 bits per heavy atom. The Labute approximate surface area is 161 Å². The average Bonchev–Trinajstić information content (AvgIpc) is 2.62. The van der Waals surface area contributed by atoms with E-state index in [9.17, 15) is 0 Å². The Balaban J connectivity index is -0.0000000702. The van der Waals surface area contributed by atoms with Crippen LogP contribution in [0.25, 0.3) is 0 Å². The molecule has 0 aromatic heterocycles. The number of aliphatic hydroxyl groups excluding tert-OH is 4. The van der Waals surface area contributed by atoms with Crippen LogP contribution in [0.3, 0.4) is 0 Å². The molecular weight excluding hydrogens is 384 g/mol. The molecule has 0 amide bonds. The summed E-state index contributed by atoms with van der Waals surface area (Å²) in [5.74, 6) is 0. The van der Waals surface area contributed by atoms with Crippen molar-refractivity contribution >= 4 is 0 Å². The van der Waals surface area contributed by atoms with Gasteiger partial charge in [-0.25, -0.2) is 19.6 Å². The van der Waals surface area contributed by atoms with Gasteiger partial charge in [0.1, 0.15) is 0 Å². The first-order chi connectivity index (χ1) is 11.7. The maximum absolute atomic E-state index is 8.01. The summed E-state index contributed by atoms with van der Waals surface area (Å²) >= 11 is 0. The van der Waals surface area contributed by atoms with Crippen LogP contribution in [0, 0.1) is 0 Å². The van der Waals surface area contributed by atoms with E-state index in [2.05, 4.69) is 19.6 Å². The minimum atomic E-state index is 0. The van der Waals surface area contributed by atoms with Crippen molar-refractivity contribution < 1.29 is 82.7 Å². The maximum atomic E-state index is 8.01. The number of aliphatic hydroxyl groups is 4. The van der Waals surface area contributed by atoms with Crippen LogP contribution >= 0.6 is 0 Å². The molecule has 13 heteroatoms. The normalized spacial score (nSPS) is 8.64. The summed E-state index contributed by atoms with van der Waals surface area (Å²) in [6.07, 6.45) is 1.99. The van der Waals surface area contributed by atoms with Gasteiger partial charge in [0.2, 0.25) is 0 Å².